The number of hydrogen-bond donors (Lipinski definition) is 1. The zero-order valence-corrected chi connectivity index (χ0v) is 8.80. The van der Waals surface area contributed by atoms with Crippen LogP contribution in [0.1, 0.15) is 19.8 Å². The number of nitrogens with one attached hydrogen (secondary N) is 1. The summed E-state index contributed by atoms with van der Waals surface area (Å²) in [5.74, 6) is 1.65. The molecular formula is C8H12N4OS. The molecule has 1 aromatic heterocycles. The first-order valence-electron chi connectivity index (χ1n) is 4.67. The highest BCUT2D eigenvalue weighted by Crippen LogP contribution is 2.25. The molecule has 5 nitrogen and oxygen atoms in total. The summed E-state index contributed by atoms with van der Waals surface area (Å²) >= 11 is 1.68. The van der Waals surface area contributed by atoms with Crippen LogP contribution in [0.25, 0.3) is 0 Å². The van der Waals surface area contributed by atoms with E-state index in [-0.39, 0.29) is 5.91 Å². The van der Waals surface area contributed by atoms with Crippen LogP contribution in [0.3, 0.4) is 0 Å². The van der Waals surface area contributed by atoms with E-state index in [2.05, 4.69) is 15.5 Å². The smallest absolute Gasteiger partial charge is 0.231 e. The summed E-state index contributed by atoms with van der Waals surface area (Å²) < 4.78 is 1.96. The highest BCUT2D eigenvalue weighted by molar-refractivity contribution is 7.99. The van der Waals surface area contributed by atoms with Gasteiger partial charge in [0.25, 0.3) is 0 Å². The summed E-state index contributed by atoms with van der Waals surface area (Å²) in [6.07, 6.45) is 1.57. The van der Waals surface area contributed by atoms with E-state index in [1.54, 1.807) is 11.8 Å². The van der Waals surface area contributed by atoms with E-state index >= 15 is 0 Å². The molecule has 0 aliphatic carbocycles. The second-order valence-electron chi connectivity index (χ2n) is 3.06. The highest BCUT2D eigenvalue weighted by atomic mass is 32.2. The minimum absolute atomic E-state index is 0.0178. The lowest BCUT2D eigenvalue weighted by molar-refractivity contribution is -0.115. The summed E-state index contributed by atoms with van der Waals surface area (Å²) in [6.45, 7) is 2.71. The lowest BCUT2D eigenvalue weighted by Gasteiger charge is -2.13. The number of rotatable bonds is 2. The maximum atomic E-state index is 11.2. The number of aromatic nitrogens is 3. The maximum absolute atomic E-state index is 11.2. The van der Waals surface area contributed by atoms with E-state index in [0.29, 0.717) is 12.4 Å². The number of anilines is 1. The molecule has 2 heterocycles. The summed E-state index contributed by atoms with van der Waals surface area (Å²) in [5.41, 5.74) is 0. The van der Waals surface area contributed by atoms with Crippen LogP contribution in [0.2, 0.25) is 0 Å². The Hall–Kier alpha value is -1.04. The first kappa shape index (κ1) is 9.51. The molecule has 0 spiro atoms. The van der Waals surface area contributed by atoms with Gasteiger partial charge in [-0.05, 0) is 6.42 Å². The Kier molecular flexibility index (Phi) is 2.72. The summed E-state index contributed by atoms with van der Waals surface area (Å²) in [7, 11) is 0. The molecular weight excluding hydrogens is 200 g/mol. The lowest BCUT2D eigenvalue weighted by Crippen LogP contribution is -2.16. The Morgan fingerprint density at radius 3 is 3.29 bits per heavy atom. The second kappa shape index (κ2) is 4.00. The van der Waals surface area contributed by atoms with E-state index in [1.807, 2.05) is 11.5 Å². The van der Waals surface area contributed by atoms with E-state index in [0.717, 1.165) is 23.9 Å². The largest absolute Gasteiger partial charge is 0.295 e. The summed E-state index contributed by atoms with van der Waals surface area (Å²) in [4.78, 5) is 11.2. The van der Waals surface area contributed by atoms with Gasteiger partial charge < -0.3 is 0 Å². The fourth-order valence-electron chi connectivity index (χ4n) is 1.29. The Bertz CT molecular complexity index is 349. The van der Waals surface area contributed by atoms with Gasteiger partial charge in [0.1, 0.15) is 0 Å². The van der Waals surface area contributed by atoms with Crippen molar-refractivity contribution in [1.82, 2.24) is 14.8 Å². The van der Waals surface area contributed by atoms with Gasteiger partial charge in [0, 0.05) is 18.7 Å². The predicted molar refractivity (Wildman–Crippen MR) is 54.3 cm³/mol. The van der Waals surface area contributed by atoms with Gasteiger partial charge in [0.2, 0.25) is 11.9 Å². The molecule has 1 amide bonds. The van der Waals surface area contributed by atoms with Crippen molar-refractivity contribution >= 4 is 23.6 Å². The Labute approximate surface area is 86.3 Å². The molecule has 1 aromatic rings. The molecule has 0 atom stereocenters. The Morgan fingerprint density at radius 1 is 1.64 bits per heavy atom. The zero-order chi connectivity index (χ0) is 9.97. The number of fused-ring (bicyclic) bond motifs is 1. The van der Waals surface area contributed by atoms with Crippen LogP contribution in [0, 0.1) is 0 Å². The van der Waals surface area contributed by atoms with Crippen molar-refractivity contribution in [3.8, 4) is 0 Å². The van der Waals surface area contributed by atoms with Crippen LogP contribution in [0.5, 0.6) is 0 Å². The van der Waals surface area contributed by atoms with Crippen molar-refractivity contribution in [3.63, 3.8) is 0 Å². The molecule has 0 fully saturated rings. The van der Waals surface area contributed by atoms with E-state index in [4.69, 9.17) is 0 Å². The van der Waals surface area contributed by atoms with Gasteiger partial charge in [-0.3, -0.25) is 14.7 Å². The van der Waals surface area contributed by atoms with Crippen molar-refractivity contribution in [2.24, 2.45) is 0 Å². The molecule has 1 aliphatic rings. The third kappa shape index (κ3) is 1.75. The number of nitrogens with zero attached hydrogens (tertiary/aromatic N) is 3. The minimum atomic E-state index is -0.0178. The zero-order valence-electron chi connectivity index (χ0n) is 7.99. The van der Waals surface area contributed by atoms with Crippen molar-refractivity contribution in [2.75, 3.05) is 11.1 Å². The van der Waals surface area contributed by atoms with Crippen molar-refractivity contribution in [3.05, 3.63) is 0 Å². The molecule has 0 aromatic carbocycles. The third-order valence-corrected chi connectivity index (χ3v) is 3.10. The number of carbonyl (C=O) groups excluding carboxylic acids is 1. The number of carbonyl (C=O) groups is 1. The molecule has 14 heavy (non-hydrogen) atoms. The van der Waals surface area contributed by atoms with Gasteiger partial charge in [-0.15, -0.1) is 10.2 Å². The number of hydrogen-bond acceptors (Lipinski definition) is 4. The van der Waals surface area contributed by atoms with E-state index in [1.165, 1.54) is 0 Å². The minimum Gasteiger partial charge on any atom is -0.295 e. The molecule has 0 saturated carbocycles. The van der Waals surface area contributed by atoms with Gasteiger partial charge in [0.05, 0.1) is 0 Å². The van der Waals surface area contributed by atoms with Gasteiger partial charge in [0.15, 0.2) is 5.16 Å². The average Bonchev–Trinajstić information content (AvgIpc) is 2.62. The summed E-state index contributed by atoms with van der Waals surface area (Å²) in [6, 6.07) is 0. The van der Waals surface area contributed by atoms with Gasteiger partial charge >= 0.3 is 0 Å². The van der Waals surface area contributed by atoms with Crippen molar-refractivity contribution in [2.45, 2.75) is 31.5 Å². The highest BCUT2D eigenvalue weighted by Gasteiger charge is 2.16. The van der Waals surface area contributed by atoms with Crippen LogP contribution < -0.4 is 5.32 Å². The second-order valence-corrected chi connectivity index (χ2v) is 4.12. The Balaban J connectivity index is 2.18. The molecule has 0 radical (unpaired) electrons. The van der Waals surface area contributed by atoms with Crippen LogP contribution in [-0.2, 0) is 11.3 Å². The van der Waals surface area contributed by atoms with Crippen molar-refractivity contribution < 1.29 is 4.79 Å². The molecule has 6 heteroatoms. The number of thioether (sulfide) groups is 1. The van der Waals surface area contributed by atoms with Gasteiger partial charge in [-0.25, -0.2) is 0 Å². The number of amides is 1. The van der Waals surface area contributed by atoms with E-state index in [9.17, 15) is 4.79 Å². The fraction of sp³-hybridized carbons (Fsp3) is 0.625. The fourth-order valence-corrected chi connectivity index (χ4v) is 2.18. The predicted octanol–water partition coefficient (Wildman–Crippen LogP) is 1.12. The first-order chi connectivity index (χ1) is 6.81. The van der Waals surface area contributed by atoms with Gasteiger partial charge in [-0.2, -0.15) is 0 Å². The van der Waals surface area contributed by atoms with Crippen LogP contribution in [0.15, 0.2) is 5.16 Å². The first-order valence-corrected chi connectivity index (χ1v) is 5.65. The molecule has 0 unspecified atom stereocenters. The summed E-state index contributed by atoms with van der Waals surface area (Å²) in [5, 5.41) is 11.6. The van der Waals surface area contributed by atoms with Crippen molar-refractivity contribution in [1.29, 1.82) is 0 Å². The topological polar surface area (TPSA) is 59.8 Å². The lowest BCUT2D eigenvalue weighted by atomic mass is 10.4. The van der Waals surface area contributed by atoms with Crippen LogP contribution >= 0.6 is 11.8 Å². The maximum Gasteiger partial charge on any atom is 0.231 e. The van der Waals surface area contributed by atoms with Crippen LogP contribution in [0.4, 0.5) is 5.95 Å². The standard InChI is InChI=1S/C8H12N4OS/c1-2-6(13)9-7-10-11-8-12(7)4-3-5-14-8/h2-5H2,1H3,(H,9,10,13). The Morgan fingerprint density at radius 2 is 2.50 bits per heavy atom. The third-order valence-electron chi connectivity index (χ3n) is 2.05. The molecule has 0 bridgehead atoms. The van der Waals surface area contributed by atoms with Crippen LogP contribution in [-0.4, -0.2) is 26.4 Å². The molecule has 1 N–H and O–H groups in total. The quantitative estimate of drug-likeness (QED) is 0.798. The monoisotopic (exact) mass is 212 g/mol. The molecule has 2 rings (SSSR count). The SMILES string of the molecule is CCC(=O)Nc1nnc2n1CCCS2. The van der Waals surface area contributed by atoms with E-state index < -0.39 is 0 Å². The molecule has 0 saturated heterocycles. The normalized spacial score (nSPS) is 14.9. The van der Waals surface area contributed by atoms with Gasteiger partial charge in [-0.1, -0.05) is 18.7 Å². The molecule has 1 aliphatic heterocycles. The average molecular weight is 212 g/mol. The molecule has 76 valence electrons.